The van der Waals surface area contributed by atoms with Gasteiger partial charge in [-0.3, -0.25) is 4.79 Å². The summed E-state index contributed by atoms with van der Waals surface area (Å²) in [4.78, 5) is 11.6. The van der Waals surface area contributed by atoms with Gasteiger partial charge < -0.3 is 35.2 Å². The Bertz CT molecular complexity index is 719. The summed E-state index contributed by atoms with van der Waals surface area (Å²) < 4.78 is 32.7. The first kappa shape index (κ1) is 20.6. The molecule has 0 aromatic heterocycles. The molecule has 11 heteroatoms. The van der Waals surface area contributed by atoms with Gasteiger partial charge in [0.05, 0.1) is 6.61 Å². The average Bonchev–Trinajstić information content (AvgIpc) is 2.55. The molecule has 0 spiro atoms. The molecule has 1 amide bonds. The highest BCUT2D eigenvalue weighted by Crippen LogP contribution is 2.25. The Hall–Kier alpha value is -1.76. The number of hydrogen-bond donors (Lipinski definition) is 5. The smallest absolute Gasteiger partial charge is 0.239 e. The van der Waals surface area contributed by atoms with E-state index in [1.54, 1.807) is 0 Å². The van der Waals surface area contributed by atoms with Crippen LogP contribution in [0.2, 0.25) is 0 Å². The minimum atomic E-state index is -3.44. The van der Waals surface area contributed by atoms with E-state index in [4.69, 9.17) is 14.6 Å². The second-order valence-electron chi connectivity index (χ2n) is 5.96. The van der Waals surface area contributed by atoms with Crippen LogP contribution in [-0.2, 0) is 19.4 Å². The fourth-order valence-corrected chi connectivity index (χ4v) is 2.90. The van der Waals surface area contributed by atoms with Crippen LogP contribution in [0.4, 0.5) is 5.69 Å². The van der Waals surface area contributed by atoms with Crippen LogP contribution in [0.15, 0.2) is 24.3 Å². The highest BCUT2D eigenvalue weighted by molar-refractivity contribution is 7.91. The Morgan fingerprint density at radius 3 is 2.31 bits per heavy atom. The normalized spacial score (nSPS) is 29.2. The van der Waals surface area contributed by atoms with E-state index in [2.05, 4.69) is 5.32 Å². The Morgan fingerprint density at radius 2 is 1.77 bits per heavy atom. The highest BCUT2D eigenvalue weighted by atomic mass is 32.2. The lowest BCUT2D eigenvalue weighted by Crippen LogP contribution is -2.60. The predicted molar refractivity (Wildman–Crippen MR) is 89.2 cm³/mol. The van der Waals surface area contributed by atoms with Gasteiger partial charge in [0.1, 0.15) is 35.9 Å². The molecule has 2 rings (SSSR count). The number of amides is 1. The predicted octanol–water partition coefficient (Wildman–Crippen LogP) is -2.15. The molecule has 146 valence electrons. The first-order chi connectivity index (χ1) is 12.1. The van der Waals surface area contributed by atoms with Gasteiger partial charge in [0.25, 0.3) is 0 Å². The third-order valence-corrected chi connectivity index (χ3v) is 4.42. The highest BCUT2D eigenvalue weighted by Gasteiger charge is 2.44. The lowest BCUT2D eigenvalue weighted by atomic mass is 9.99. The van der Waals surface area contributed by atoms with Crippen LogP contribution in [0.1, 0.15) is 0 Å². The maximum absolute atomic E-state index is 11.6. The number of rotatable bonds is 6. The van der Waals surface area contributed by atoms with Crippen LogP contribution < -0.4 is 10.1 Å². The minimum Gasteiger partial charge on any atom is -0.462 e. The number of aliphatic hydroxyl groups excluding tert-OH is 4. The van der Waals surface area contributed by atoms with Gasteiger partial charge in [0.15, 0.2) is 9.84 Å². The lowest BCUT2D eigenvalue weighted by molar-refractivity contribution is -0.277. The number of nitrogens with one attached hydrogen (secondary N) is 1. The van der Waals surface area contributed by atoms with E-state index in [1.165, 1.54) is 24.3 Å². The standard InChI is InChI=1S/C15H21NO9S/c1-26(22,23)7-11(18)16-8-2-4-9(5-3-8)24-15-14(21)13(20)12(19)10(6-17)25-15/h2-5,10,12-15,17,19-21H,6-7H2,1H3,(H,16,18). The van der Waals surface area contributed by atoms with Crippen molar-refractivity contribution in [2.24, 2.45) is 0 Å². The largest absolute Gasteiger partial charge is 0.462 e. The molecule has 1 aromatic rings. The molecule has 5 unspecified atom stereocenters. The molecule has 26 heavy (non-hydrogen) atoms. The van der Waals surface area contributed by atoms with Crippen molar-refractivity contribution in [3.8, 4) is 5.75 Å². The van der Waals surface area contributed by atoms with Gasteiger partial charge in [-0.2, -0.15) is 0 Å². The van der Waals surface area contributed by atoms with E-state index < -0.39 is 58.8 Å². The summed E-state index contributed by atoms with van der Waals surface area (Å²) >= 11 is 0. The molecule has 1 aromatic carbocycles. The van der Waals surface area contributed by atoms with Gasteiger partial charge in [-0.1, -0.05) is 0 Å². The minimum absolute atomic E-state index is 0.218. The van der Waals surface area contributed by atoms with Gasteiger partial charge >= 0.3 is 0 Å². The summed E-state index contributed by atoms with van der Waals surface area (Å²) in [6.07, 6.45) is -6.04. The van der Waals surface area contributed by atoms with Crippen molar-refractivity contribution in [1.29, 1.82) is 0 Å². The first-order valence-electron chi connectivity index (χ1n) is 7.65. The van der Waals surface area contributed by atoms with Crippen LogP contribution in [0.3, 0.4) is 0 Å². The van der Waals surface area contributed by atoms with E-state index in [1.807, 2.05) is 0 Å². The lowest BCUT2D eigenvalue weighted by Gasteiger charge is -2.39. The molecule has 5 atom stereocenters. The van der Waals surface area contributed by atoms with E-state index >= 15 is 0 Å². The number of benzene rings is 1. The van der Waals surface area contributed by atoms with Crippen LogP contribution in [0, 0.1) is 0 Å². The number of anilines is 1. The Balaban J connectivity index is 1.99. The monoisotopic (exact) mass is 391 g/mol. The Kier molecular flexibility index (Phi) is 6.55. The van der Waals surface area contributed by atoms with Crippen LogP contribution in [-0.4, -0.2) is 84.1 Å². The number of carbonyl (C=O) groups excluding carboxylic acids is 1. The first-order valence-corrected chi connectivity index (χ1v) is 9.71. The number of carbonyl (C=O) groups is 1. The van der Waals surface area contributed by atoms with Gasteiger partial charge in [0, 0.05) is 11.9 Å². The van der Waals surface area contributed by atoms with Crippen LogP contribution >= 0.6 is 0 Å². The van der Waals surface area contributed by atoms with Crippen molar-refractivity contribution in [2.45, 2.75) is 30.7 Å². The SMILES string of the molecule is CS(=O)(=O)CC(=O)Nc1ccc(OC2OC(CO)C(O)C(O)C2O)cc1. The molecular formula is C15H21NO9S. The van der Waals surface area contributed by atoms with E-state index in [0.29, 0.717) is 5.69 Å². The molecule has 1 saturated heterocycles. The molecule has 1 aliphatic heterocycles. The maximum atomic E-state index is 11.6. The summed E-state index contributed by atoms with van der Waals surface area (Å²) in [5.41, 5.74) is 0.333. The van der Waals surface area contributed by atoms with Gasteiger partial charge in [-0.05, 0) is 24.3 Å². The Morgan fingerprint density at radius 1 is 1.15 bits per heavy atom. The van der Waals surface area contributed by atoms with Crippen molar-refractivity contribution < 1.29 is 43.1 Å². The van der Waals surface area contributed by atoms with Crippen molar-refractivity contribution >= 4 is 21.4 Å². The molecule has 1 fully saturated rings. The summed E-state index contributed by atoms with van der Waals surface area (Å²) in [5, 5.41) is 40.9. The topological polar surface area (TPSA) is 163 Å². The maximum Gasteiger partial charge on any atom is 0.239 e. The van der Waals surface area contributed by atoms with Crippen molar-refractivity contribution in [2.75, 3.05) is 23.9 Å². The van der Waals surface area contributed by atoms with Gasteiger partial charge in [-0.25, -0.2) is 8.42 Å². The fourth-order valence-electron chi connectivity index (χ4n) is 2.35. The third-order valence-electron chi connectivity index (χ3n) is 3.63. The van der Waals surface area contributed by atoms with Crippen molar-refractivity contribution in [1.82, 2.24) is 0 Å². The molecule has 1 heterocycles. The molecule has 10 nitrogen and oxygen atoms in total. The van der Waals surface area contributed by atoms with Crippen LogP contribution in [0.25, 0.3) is 0 Å². The molecular weight excluding hydrogens is 370 g/mol. The van der Waals surface area contributed by atoms with E-state index in [0.717, 1.165) is 6.26 Å². The Labute approximate surface area is 149 Å². The van der Waals surface area contributed by atoms with E-state index in [9.17, 15) is 28.5 Å². The second-order valence-corrected chi connectivity index (χ2v) is 8.10. The third kappa shape index (κ3) is 5.37. The summed E-state index contributed by atoms with van der Waals surface area (Å²) in [7, 11) is -3.44. The zero-order chi connectivity index (χ0) is 19.5. The summed E-state index contributed by atoms with van der Waals surface area (Å²) in [6, 6.07) is 5.74. The van der Waals surface area contributed by atoms with E-state index in [-0.39, 0.29) is 5.75 Å². The average molecular weight is 391 g/mol. The quantitative estimate of drug-likeness (QED) is 0.364. The van der Waals surface area contributed by atoms with Gasteiger partial charge in [-0.15, -0.1) is 0 Å². The molecule has 0 radical (unpaired) electrons. The second kappa shape index (κ2) is 8.29. The molecule has 5 N–H and O–H groups in total. The molecule has 0 bridgehead atoms. The molecule has 0 aliphatic carbocycles. The number of hydrogen-bond acceptors (Lipinski definition) is 9. The number of aliphatic hydroxyl groups is 4. The zero-order valence-corrected chi connectivity index (χ0v) is 14.7. The zero-order valence-electron chi connectivity index (χ0n) is 13.8. The molecule has 1 aliphatic rings. The van der Waals surface area contributed by atoms with Crippen LogP contribution in [0.5, 0.6) is 5.75 Å². The number of ether oxygens (including phenoxy) is 2. The summed E-state index contributed by atoms with van der Waals surface area (Å²) in [5.74, 6) is -1.11. The summed E-state index contributed by atoms with van der Waals surface area (Å²) in [6.45, 7) is -0.573. The number of sulfone groups is 1. The van der Waals surface area contributed by atoms with Gasteiger partial charge in [0.2, 0.25) is 12.2 Å². The molecule has 0 saturated carbocycles. The van der Waals surface area contributed by atoms with Crippen molar-refractivity contribution in [3.63, 3.8) is 0 Å². The van der Waals surface area contributed by atoms with Crippen molar-refractivity contribution in [3.05, 3.63) is 24.3 Å². The fraction of sp³-hybridized carbons (Fsp3) is 0.533.